The third-order valence-electron chi connectivity index (χ3n) is 3.82. The first-order valence-corrected chi connectivity index (χ1v) is 7.54. The number of amides is 1. The van der Waals surface area contributed by atoms with E-state index in [1.807, 2.05) is 0 Å². The Kier molecular flexibility index (Phi) is 5.51. The molecule has 0 aromatic heterocycles. The van der Waals surface area contributed by atoms with Crippen molar-refractivity contribution in [3.63, 3.8) is 0 Å². The van der Waals surface area contributed by atoms with E-state index in [-0.39, 0.29) is 24.2 Å². The van der Waals surface area contributed by atoms with Crippen molar-refractivity contribution in [3.05, 3.63) is 40.5 Å². The molecule has 0 radical (unpaired) electrons. The first kappa shape index (κ1) is 17.5. The summed E-state index contributed by atoms with van der Waals surface area (Å²) < 4.78 is 5.22. The Bertz CT molecular complexity index is 685. The number of anilines is 1. The molecule has 1 aliphatic carbocycles. The van der Waals surface area contributed by atoms with Crippen LogP contribution in [0, 0.1) is 22.0 Å². The lowest BCUT2D eigenvalue weighted by molar-refractivity contribution is -0.384. The quantitative estimate of drug-likeness (QED) is 0.469. The van der Waals surface area contributed by atoms with Gasteiger partial charge in [0.2, 0.25) is 5.91 Å². The van der Waals surface area contributed by atoms with Crippen LogP contribution in [0.1, 0.15) is 19.8 Å². The third-order valence-corrected chi connectivity index (χ3v) is 3.82. The van der Waals surface area contributed by atoms with Crippen LogP contribution in [0.4, 0.5) is 11.4 Å². The number of aliphatic carboxylic acids is 1. The second kappa shape index (κ2) is 7.58. The molecule has 0 heterocycles. The minimum absolute atomic E-state index is 0.0205. The molecule has 0 bridgehead atoms. The second-order valence-electron chi connectivity index (χ2n) is 5.35. The van der Waals surface area contributed by atoms with Gasteiger partial charge in [-0.3, -0.25) is 19.7 Å². The van der Waals surface area contributed by atoms with Gasteiger partial charge in [-0.05, 0) is 31.9 Å². The molecule has 0 spiro atoms. The fourth-order valence-corrected chi connectivity index (χ4v) is 2.63. The summed E-state index contributed by atoms with van der Waals surface area (Å²) in [6.07, 6.45) is 4.02. The number of nitro groups is 1. The summed E-state index contributed by atoms with van der Waals surface area (Å²) >= 11 is 0. The van der Waals surface area contributed by atoms with Gasteiger partial charge < -0.3 is 15.2 Å². The highest BCUT2D eigenvalue weighted by Gasteiger charge is 2.34. The Morgan fingerprint density at radius 2 is 2.00 bits per heavy atom. The normalized spacial score (nSPS) is 19.5. The Morgan fingerprint density at radius 1 is 1.33 bits per heavy atom. The van der Waals surface area contributed by atoms with Crippen LogP contribution < -0.4 is 10.1 Å². The van der Waals surface area contributed by atoms with E-state index >= 15 is 0 Å². The van der Waals surface area contributed by atoms with Gasteiger partial charge in [-0.25, -0.2) is 0 Å². The van der Waals surface area contributed by atoms with E-state index in [0.29, 0.717) is 12.4 Å². The lowest BCUT2D eigenvalue weighted by Gasteiger charge is -2.24. The molecule has 1 aromatic rings. The summed E-state index contributed by atoms with van der Waals surface area (Å²) in [5.74, 6) is -2.87. The standard InChI is InChI=1S/C16H18N2O6/c1-2-24-10-7-8-13(14(9-10)18(22)23)17-15(19)11-5-3-4-6-12(11)16(20)21/h3-4,7-9,11-12H,2,5-6H2,1H3,(H,17,19)(H,20,21). The van der Waals surface area contributed by atoms with Crippen molar-refractivity contribution in [1.82, 2.24) is 0 Å². The number of carboxylic acid groups (broad SMARTS) is 1. The number of ether oxygens (including phenoxy) is 1. The minimum Gasteiger partial charge on any atom is -0.494 e. The van der Waals surface area contributed by atoms with Crippen molar-refractivity contribution in [2.24, 2.45) is 11.8 Å². The molecule has 2 N–H and O–H groups in total. The van der Waals surface area contributed by atoms with Crippen LogP contribution in [0.3, 0.4) is 0 Å². The maximum Gasteiger partial charge on any atom is 0.307 e. The summed E-state index contributed by atoms with van der Waals surface area (Å²) in [7, 11) is 0. The number of carbonyl (C=O) groups excluding carboxylic acids is 1. The zero-order valence-electron chi connectivity index (χ0n) is 13.1. The van der Waals surface area contributed by atoms with Gasteiger partial charge in [0.15, 0.2) is 0 Å². The van der Waals surface area contributed by atoms with E-state index in [9.17, 15) is 24.8 Å². The Balaban J connectivity index is 2.23. The predicted molar refractivity (Wildman–Crippen MR) is 85.9 cm³/mol. The summed E-state index contributed by atoms with van der Waals surface area (Å²) in [6.45, 7) is 2.11. The fraction of sp³-hybridized carbons (Fsp3) is 0.375. The number of carboxylic acids is 1. The van der Waals surface area contributed by atoms with Gasteiger partial charge >= 0.3 is 5.97 Å². The minimum atomic E-state index is -1.05. The molecule has 0 fully saturated rings. The van der Waals surface area contributed by atoms with Gasteiger partial charge in [0.05, 0.1) is 29.4 Å². The van der Waals surface area contributed by atoms with Crippen LogP contribution in [0.2, 0.25) is 0 Å². The number of hydrogen-bond acceptors (Lipinski definition) is 5. The number of nitro benzene ring substituents is 1. The molecule has 128 valence electrons. The fourth-order valence-electron chi connectivity index (χ4n) is 2.63. The van der Waals surface area contributed by atoms with Crippen LogP contribution in [0.5, 0.6) is 5.75 Å². The van der Waals surface area contributed by atoms with E-state index in [4.69, 9.17) is 4.74 Å². The molecular weight excluding hydrogens is 316 g/mol. The van der Waals surface area contributed by atoms with Crippen LogP contribution in [0.15, 0.2) is 30.4 Å². The van der Waals surface area contributed by atoms with Gasteiger partial charge in [-0.15, -0.1) is 0 Å². The Hall–Kier alpha value is -2.90. The molecule has 0 saturated carbocycles. The number of rotatable bonds is 6. The molecule has 0 aliphatic heterocycles. The molecule has 2 atom stereocenters. The van der Waals surface area contributed by atoms with Crippen LogP contribution in [-0.2, 0) is 9.59 Å². The molecule has 24 heavy (non-hydrogen) atoms. The average molecular weight is 334 g/mol. The maximum atomic E-state index is 12.4. The summed E-state index contributed by atoms with van der Waals surface area (Å²) in [5, 5.41) is 22.9. The van der Waals surface area contributed by atoms with Crippen molar-refractivity contribution in [2.45, 2.75) is 19.8 Å². The molecular formula is C16H18N2O6. The van der Waals surface area contributed by atoms with Crippen LogP contribution in [0.25, 0.3) is 0 Å². The highest BCUT2D eigenvalue weighted by molar-refractivity contribution is 5.97. The van der Waals surface area contributed by atoms with Crippen molar-refractivity contribution < 1.29 is 24.4 Å². The lowest BCUT2D eigenvalue weighted by Crippen LogP contribution is -2.34. The molecule has 8 heteroatoms. The molecule has 1 aliphatic rings. The van der Waals surface area contributed by atoms with E-state index in [1.165, 1.54) is 18.2 Å². The van der Waals surface area contributed by atoms with Crippen molar-refractivity contribution >= 4 is 23.3 Å². The Morgan fingerprint density at radius 3 is 2.58 bits per heavy atom. The maximum absolute atomic E-state index is 12.4. The molecule has 0 saturated heterocycles. The highest BCUT2D eigenvalue weighted by atomic mass is 16.6. The first-order valence-electron chi connectivity index (χ1n) is 7.54. The molecule has 1 aromatic carbocycles. The second-order valence-corrected chi connectivity index (χ2v) is 5.35. The summed E-state index contributed by atoms with van der Waals surface area (Å²) in [4.78, 5) is 34.3. The lowest BCUT2D eigenvalue weighted by atomic mass is 9.82. The topological polar surface area (TPSA) is 119 Å². The number of allylic oxidation sites excluding steroid dienone is 2. The van der Waals surface area contributed by atoms with E-state index in [0.717, 1.165) is 0 Å². The number of hydrogen-bond donors (Lipinski definition) is 2. The molecule has 1 amide bonds. The largest absolute Gasteiger partial charge is 0.494 e. The van der Waals surface area contributed by atoms with Gasteiger partial charge in [-0.2, -0.15) is 0 Å². The molecule has 2 unspecified atom stereocenters. The van der Waals surface area contributed by atoms with E-state index in [2.05, 4.69) is 5.32 Å². The molecule has 2 rings (SSSR count). The van der Waals surface area contributed by atoms with Crippen LogP contribution in [-0.4, -0.2) is 28.5 Å². The monoisotopic (exact) mass is 334 g/mol. The van der Waals surface area contributed by atoms with Gasteiger partial charge in [0, 0.05) is 0 Å². The predicted octanol–water partition coefficient (Wildman–Crippen LogP) is 2.60. The Labute approximate surface area is 138 Å². The van der Waals surface area contributed by atoms with Crippen molar-refractivity contribution in [2.75, 3.05) is 11.9 Å². The highest BCUT2D eigenvalue weighted by Crippen LogP contribution is 2.32. The van der Waals surface area contributed by atoms with E-state index < -0.39 is 28.6 Å². The zero-order valence-corrected chi connectivity index (χ0v) is 13.1. The zero-order chi connectivity index (χ0) is 17.7. The third kappa shape index (κ3) is 3.89. The number of nitrogens with zero attached hydrogens (tertiary/aromatic N) is 1. The van der Waals surface area contributed by atoms with Crippen molar-refractivity contribution in [1.29, 1.82) is 0 Å². The van der Waals surface area contributed by atoms with Crippen molar-refractivity contribution in [3.8, 4) is 5.75 Å². The summed E-state index contributed by atoms with van der Waals surface area (Å²) in [6, 6.07) is 4.13. The van der Waals surface area contributed by atoms with Gasteiger partial charge in [0.25, 0.3) is 5.69 Å². The number of benzene rings is 1. The number of carbonyl (C=O) groups is 2. The smallest absolute Gasteiger partial charge is 0.307 e. The average Bonchev–Trinajstić information content (AvgIpc) is 2.56. The number of nitrogens with one attached hydrogen (secondary N) is 1. The van der Waals surface area contributed by atoms with Gasteiger partial charge in [0.1, 0.15) is 11.4 Å². The van der Waals surface area contributed by atoms with E-state index in [1.54, 1.807) is 19.1 Å². The summed E-state index contributed by atoms with van der Waals surface area (Å²) in [5.41, 5.74) is -0.278. The first-order chi connectivity index (χ1) is 11.4. The van der Waals surface area contributed by atoms with Crippen LogP contribution >= 0.6 is 0 Å². The SMILES string of the molecule is CCOc1ccc(NC(=O)C2CC=CCC2C(=O)O)c([N+](=O)[O-])c1. The van der Waals surface area contributed by atoms with Gasteiger partial charge in [-0.1, -0.05) is 12.2 Å². The molecule has 8 nitrogen and oxygen atoms in total.